The molecular formula is C9H5N3O2. The van der Waals surface area contributed by atoms with E-state index < -0.39 is 5.97 Å². The minimum absolute atomic E-state index is 0.0570. The summed E-state index contributed by atoms with van der Waals surface area (Å²) in [5.74, 6) is -0.652. The van der Waals surface area contributed by atoms with Gasteiger partial charge in [0.2, 0.25) is 0 Å². The van der Waals surface area contributed by atoms with Crippen LogP contribution in [0.2, 0.25) is 0 Å². The van der Waals surface area contributed by atoms with E-state index in [0.29, 0.717) is 0 Å². The molecule has 0 aliphatic rings. The highest BCUT2D eigenvalue weighted by Crippen LogP contribution is 2.09. The maximum atomic E-state index is 11.2. The predicted octanol–water partition coefficient (Wildman–Crippen LogP) is 0.612. The van der Waals surface area contributed by atoms with E-state index in [9.17, 15) is 4.79 Å². The minimum atomic E-state index is -0.652. The standard InChI is InChI=1S/C9H5N3O2/c1-14-9(13)8-2-7(4-11)12-5-6(8)3-10/h2,5H,1H3. The number of hydrogen-bond donors (Lipinski definition) is 0. The van der Waals surface area contributed by atoms with E-state index in [1.54, 1.807) is 12.1 Å². The van der Waals surface area contributed by atoms with Crippen molar-refractivity contribution in [1.29, 1.82) is 10.5 Å². The molecule has 0 unspecified atom stereocenters. The molecule has 0 amide bonds. The van der Waals surface area contributed by atoms with Crippen LogP contribution in [0.3, 0.4) is 0 Å². The van der Waals surface area contributed by atoms with E-state index in [1.165, 1.54) is 19.4 Å². The first kappa shape index (κ1) is 9.69. The zero-order chi connectivity index (χ0) is 10.6. The molecule has 0 spiro atoms. The lowest BCUT2D eigenvalue weighted by molar-refractivity contribution is 0.0600. The number of rotatable bonds is 1. The number of nitriles is 2. The van der Waals surface area contributed by atoms with E-state index in [2.05, 4.69) is 9.72 Å². The van der Waals surface area contributed by atoms with Crippen molar-refractivity contribution in [3.05, 3.63) is 29.1 Å². The second-order valence-electron chi connectivity index (χ2n) is 2.33. The van der Waals surface area contributed by atoms with Crippen LogP contribution < -0.4 is 0 Å². The van der Waals surface area contributed by atoms with E-state index in [1.807, 2.05) is 0 Å². The Bertz CT molecular complexity index is 454. The molecule has 1 aromatic rings. The van der Waals surface area contributed by atoms with Gasteiger partial charge in [-0.15, -0.1) is 0 Å². The van der Waals surface area contributed by atoms with Gasteiger partial charge in [0.25, 0.3) is 0 Å². The van der Waals surface area contributed by atoms with Gasteiger partial charge in [0.05, 0.1) is 18.2 Å². The number of aromatic nitrogens is 1. The molecule has 1 heterocycles. The fourth-order valence-electron chi connectivity index (χ4n) is 0.884. The molecule has 0 aliphatic carbocycles. The first-order valence-electron chi connectivity index (χ1n) is 3.61. The van der Waals surface area contributed by atoms with E-state index >= 15 is 0 Å². The summed E-state index contributed by atoms with van der Waals surface area (Å²) in [6.07, 6.45) is 1.17. The molecule has 0 aliphatic heterocycles. The first-order valence-corrected chi connectivity index (χ1v) is 3.61. The van der Waals surface area contributed by atoms with Gasteiger partial charge in [-0.3, -0.25) is 0 Å². The average molecular weight is 187 g/mol. The summed E-state index contributed by atoms with van der Waals surface area (Å²) in [5.41, 5.74) is 0.224. The molecule has 0 aromatic carbocycles. The van der Waals surface area contributed by atoms with Crippen LogP contribution in [0.1, 0.15) is 21.6 Å². The Morgan fingerprint density at radius 2 is 2.21 bits per heavy atom. The Morgan fingerprint density at radius 3 is 2.71 bits per heavy atom. The molecule has 0 bridgehead atoms. The molecule has 0 N–H and O–H groups in total. The summed E-state index contributed by atoms with van der Waals surface area (Å²) in [6, 6.07) is 4.79. The summed E-state index contributed by atoms with van der Waals surface area (Å²) >= 11 is 0. The van der Waals surface area contributed by atoms with E-state index in [-0.39, 0.29) is 16.8 Å². The summed E-state index contributed by atoms with van der Waals surface area (Å²) in [7, 11) is 1.20. The summed E-state index contributed by atoms with van der Waals surface area (Å²) < 4.78 is 4.45. The molecule has 68 valence electrons. The van der Waals surface area contributed by atoms with Crippen LogP contribution in [0.15, 0.2) is 12.3 Å². The maximum absolute atomic E-state index is 11.2. The molecule has 14 heavy (non-hydrogen) atoms. The summed E-state index contributed by atoms with van der Waals surface area (Å²) in [4.78, 5) is 14.8. The van der Waals surface area contributed by atoms with Gasteiger partial charge in [-0.05, 0) is 6.07 Å². The molecule has 0 fully saturated rings. The predicted molar refractivity (Wildman–Crippen MR) is 45.0 cm³/mol. The lowest BCUT2D eigenvalue weighted by Gasteiger charge is -2.00. The SMILES string of the molecule is COC(=O)c1cc(C#N)ncc1C#N. The average Bonchev–Trinajstić information content (AvgIpc) is 2.27. The monoisotopic (exact) mass is 187 g/mol. The fraction of sp³-hybridized carbons (Fsp3) is 0.111. The van der Waals surface area contributed by atoms with Crippen molar-refractivity contribution in [3.8, 4) is 12.1 Å². The molecule has 0 radical (unpaired) electrons. The number of methoxy groups -OCH3 is 1. The van der Waals surface area contributed by atoms with Crippen molar-refractivity contribution in [2.45, 2.75) is 0 Å². The third kappa shape index (κ3) is 1.67. The number of carbonyl (C=O) groups is 1. The molecular weight excluding hydrogens is 182 g/mol. The Balaban J connectivity index is 3.32. The smallest absolute Gasteiger partial charge is 0.339 e. The molecule has 0 saturated heterocycles. The highest BCUT2D eigenvalue weighted by Gasteiger charge is 2.12. The molecule has 0 saturated carbocycles. The molecule has 0 atom stereocenters. The largest absolute Gasteiger partial charge is 0.465 e. The van der Waals surface area contributed by atoms with Crippen molar-refractivity contribution in [1.82, 2.24) is 4.98 Å². The molecule has 1 rings (SSSR count). The van der Waals surface area contributed by atoms with Crippen molar-refractivity contribution in [2.24, 2.45) is 0 Å². The van der Waals surface area contributed by atoms with Gasteiger partial charge in [-0.1, -0.05) is 0 Å². The highest BCUT2D eigenvalue weighted by atomic mass is 16.5. The van der Waals surface area contributed by atoms with Crippen LogP contribution in [0.5, 0.6) is 0 Å². The number of carbonyl (C=O) groups excluding carboxylic acids is 1. The van der Waals surface area contributed by atoms with Crippen LogP contribution >= 0.6 is 0 Å². The number of esters is 1. The quantitative estimate of drug-likeness (QED) is 0.601. The molecule has 1 aromatic heterocycles. The lowest BCUT2D eigenvalue weighted by atomic mass is 10.1. The summed E-state index contributed by atoms with van der Waals surface area (Å²) in [6.45, 7) is 0. The van der Waals surface area contributed by atoms with Crippen LogP contribution in [0.25, 0.3) is 0 Å². The van der Waals surface area contributed by atoms with Gasteiger partial charge in [-0.25, -0.2) is 9.78 Å². The molecule has 5 nitrogen and oxygen atoms in total. The first-order chi connectivity index (χ1) is 6.72. The lowest BCUT2D eigenvalue weighted by Crippen LogP contribution is -2.05. The van der Waals surface area contributed by atoms with Gasteiger partial charge in [0.15, 0.2) is 0 Å². The second-order valence-corrected chi connectivity index (χ2v) is 2.33. The second kappa shape index (κ2) is 4.01. The van der Waals surface area contributed by atoms with E-state index in [0.717, 1.165) is 0 Å². The van der Waals surface area contributed by atoms with Crippen molar-refractivity contribution in [2.75, 3.05) is 7.11 Å². The molecule has 5 heteroatoms. The third-order valence-electron chi connectivity index (χ3n) is 1.54. The highest BCUT2D eigenvalue weighted by molar-refractivity contribution is 5.92. The van der Waals surface area contributed by atoms with Crippen molar-refractivity contribution in [3.63, 3.8) is 0 Å². The van der Waals surface area contributed by atoms with Gasteiger partial charge in [0.1, 0.15) is 17.8 Å². The van der Waals surface area contributed by atoms with Gasteiger partial charge >= 0.3 is 5.97 Å². The van der Waals surface area contributed by atoms with Gasteiger partial charge in [-0.2, -0.15) is 10.5 Å². The topological polar surface area (TPSA) is 86.8 Å². The van der Waals surface area contributed by atoms with Gasteiger partial charge in [0, 0.05) is 6.20 Å². The third-order valence-corrected chi connectivity index (χ3v) is 1.54. The zero-order valence-corrected chi connectivity index (χ0v) is 7.31. The number of ether oxygens (including phenoxy) is 1. The van der Waals surface area contributed by atoms with Crippen LogP contribution in [0, 0.1) is 22.7 Å². The van der Waals surface area contributed by atoms with Crippen molar-refractivity contribution >= 4 is 5.97 Å². The zero-order valence-electron chi connectivity index (χ0n) is 7.31. The Kier molecular flexibility index (Phi) is 2.78. The van der Waals surface area contributed by atoms with Crippen molar-refractivity contribution < 1.29 is 9.53 Å². The Labute approximate surface area is 80.2 Å². The summed E-state index contributed by atoms with van der Waals surface area (Å²) in [5, 5.41) is 17.2. The Morgan fingerprint density at radius 1 is 1.50 bits per heavy atom. The normalized spacial score (nSPS) is 8.50. The van der Waals surface area contributed by atoms with Gasteiger partial charge < -0.3 is 4.74 Å². The van der Waals surface area contributed by atoms with Crippen LogP contribution in [-0.4, -0.2) is 18.1 Å². The number of pyridine rings is 1. The van der Waals surface area contributed by atoms with Crippen LogP contribution in [-0.2, 0) is 4.74 Å². The number of nitrogens with zero attached hydrogens (tertiary/aromatic N) is 3. The fourth-order valence-corrected chi connectivity index (χ4v) is 0.884. The van der Waals surface area contributed by atoms with Crippen LogP contribution in [0.4, 0.5) is 0 Å². The van der Waals surface area contributed by atoms with E-state index in [4.69, 9.17) is 10.5 Å². The maximum Gasteiger partial charge on any atom is 0.339 e. The minimum Gasteiger partial charge on any atom is -0.465 e. The Hall–Kier alpha value is -2.40. The number of hydrogen-bond acceptors (Lipinski definition) is 5.